The Morgan fingerprint density at radius 1 is 1.07 bits per heavy atom. The number of carbonyl (C=O) groups excluding carboxylic acids is 2. The third-order valence-corrected chi connectivity index (χ3v) is 5.82. The van der Waals surface area contributed by atoms with Gasteiger partial charge in [-0.25, -0.2) is 4.79 Å². The van der Waals surface area contributed by atoms with E-state index in [4.69, 9.17) is 0 Å². The van der Waals surface area contributed by atoms with E-state index < -0.39 is 0 Å². The third kappa shape index (κ3) is 5.76. The highest BCUT2D eigenvalue weighted by atomic mass is 32.1. The molecular weight excluding hydrogens is 374 g/mol. The maximum atomic E-state index is 12.1. The number of nitrogens with zero attached hydrogens (tertiary/aromatic N) is 2. The Balaban J connectivity index is 1.45. The molecular formula is C20H27N5O2S. The van der Waals surface area contributed by atoms with Gasteiger partial charge >= 0.3 is 6.03 Å². The number of anilines is 2. The van der Waals surface area contributed by atoms with E-state index in [9.17, 15) is 9.59 Å². The molecule has 2 aromatic rings. The van der Waals surface area contributed by atoms with Gasteiger partial charge in [-0.2, -0.15) is 0 Å². The normalized spacial score (nSPS) is 14.7. The summed E-state index contributed by atoms with van der Waals surface area (Å²) in [6.45, 7) is 4.09. The molecule has 28 heavy (non-hydrogen) atoms. The predicted molar refractivity (Wildman–Crippen MR) is 112 cm³/mol. The van der Waals surface area contributed by atoms with Gasteiger partial charge in [0.2, 0.25) is 11.0 Å². The number of rotatable bonds is 6. The van der Waals surface area contributed by atoms with Gasteiger partial charge in [-0.05, 0) is 30.5 Å². The lowest BCUT2D eigenvalue weighted by Crippen LogP contribution is -2.28. The van der Waals surface area contributed by atoms with Gasteiger partial charge < -0.3 is 10.6 Å². The number of aromatic nitrogens is 2. The van der Waals surface area contributed by atoms with E-state index in [2.05, 4.69) is 26.1 Å². The zero-order chi connectivity index (χ0) is 19.9. The highest BCUT2D eigenvalue weighted by Gasteiger charge is 2.20. The first kappa shape index (κ1) is 20.3. The van der Waals surface area contributed by atoms with Gasteiger partial charge in [0, 0.05) is 24.1 Å². The lowest BCUT2D eigenvalue weighted by Gasteiger charge is -2.18. The fraction of sp³-hybridized carbons (Fsp3) is 0.500. The first-order valence-corrected chi connectivity index (χ1v) is 10.6. The van der Waals surface area contributed by atoms with Crippen molar-refractivity contribution in [2.24, 2.45) is 5.92 Å². The molecule has 0 aliphatic heterocycles. The third-order valence-electron chi connectivity index (χ3n) is 4.81. The van der Waals surface area contributed by atoms with E-state index in [0.717, 1.165) is 29.1 Å². The number of amides is 3. The maximum Gasteiger partial charge on any atom is 0.321 e. The topological polar surface area (TPSA) is 96.0 Å². The van der Waals surface area contributed by atoms with Gasteiger partial charge in [0.25, 0.3) is 0 Å². The minimum absolute atomic E-state index is 0.0186. The van der Waals surface area contributed by atoms with Crippen LogP contribution >= 0.6 is 11.3 Å². The summed E-state index contributed by atoms with van der Waals surface area (Å²) < 4.78 is 0. The van der Waals surface area contributed by atoms with Crippen LogP contribution in [0.5, 0.6) is 0 Å². The highest BCUT2D eigenvalue weighted by molar-refractivity contribution is 7.15. The molecule has 1 heterocycles. The van der Waals surface area contributed by atoms with Crippen LogP contribution in [0.2, 0.25) is 0 Å². The van der Waals surface area contributed by atoms with Gasteiger partial charge in [-0.1, -0.05) is 56.6 Å². The van der Waals surface area contributed by atoms with Crippen LogP contribution in [-0.2, 0) is 11.3 Å². The van der Waals surface area contributed by atoms with Crippen molar-refractivity contribution in [3.63, 3.8) is 0 Å². The average Bonchev–Trinajstić information content (AvgIpc) is 3.16. The van der Waals surface area contributed by atoms with Gasteiger partial charge in [-0.15, -0.1) is 10.2 Å². The Bertz CT molecular complexity index is 797. The Morgan fingerprint density at radius 3 is 2.46 bits per heavy atom. The summed E-state index contributed by atoms with van der Waals surface area (Å²) in [7, 11) is 0. The summed E-state index contributed by atoms with van der Waals surface area (Å²) in [6, 6.07) is 7.11. The fourth-order valence-electron chi connectivity index (χ4n) is 3.12. The molecule has 0 spiro atoms. The molecule has 8 heteroatoms. The van der Waals surface area contributed by atoms with E-state index in [1.54, 1.807) is 0 Å². The average molecular weight is 402 g/mol. The van der Waals surface area contributed by atoms with Crippen LogP contribution < -0.4 is 16.0 Å². The van der Waals surface area contributed by atoms with Crippen molar-refractivity contribution in [1.29, 1.82) is 0 Å². The number of nitrogens with one attached hydrogen (secondary N) is 3. The van der Waals surface area contributed by atoms with Crippen LogP contribution in [0.1, 0.15) is 62.4 Å². The number of hydrogen-bond acceptors (Lipinski definition) is 5. The first-order valence-electron chi connectivity index (χ1n) is 9.79. The second-order valence-electron chi connectivity index (χ2n) is 7.43. The van der Waals surface area contributed by atoms with Crippen LogP contribution in [0.25, 0.3) is 0 Å². The van der Waals surface area contributed by atoms with Crippen molar-refractivity contribution in [2.45, 2.75) is 58.4 Å². The van der Waals surface area contributed by atoms with Gasteiger partial charge in [0.1, 0.15) is 5.01 Å². The molecule has 3 N–H and O–H groups in total. The summed E-state index contributed by atoms with van der Waals surface area (Å²) in [5.74, 6) is 0.401. The monoisotopic (exact) mass is 401 g/mol. The molecule has 1 aliphatic carbocycles. The standard InChI is InChI=1S/C20H27N5O2S/c1-13(2)17(26)22-16-10-8-14(9-11-16)12-21-19(27)23-20-25-24-18(28-20)15-6-4-3-5-7-15/h8-11,13,15H,3-7,12H2,1-2H3,(H,22,26)(H2,21,23,25,27). The van der Waals surface area contributed by atoms with Crippen molar-refractivity contribution in [3.8, 4) is 0 Å². The second kappa shape index (κ2) is 9.64. The summed E-state index contributed by atoms with van der Waals surface area (Å²) in [6.07, 6.45) is 6.11. The first-order chi connectivity index (χ1) is 13.5. The summed E-state index contributed by atoms with van der Waals surface area (Å²) >= 11 is 1.46. The van der Waals surface area contributed by atoms with E-state index in [1.165, 1.54) is 30.6 Å². The molecule has 3 rings (SSSR count). The van der Waals surface area contributed by atoms with Crippen molar-refractivity contribution in [1.82, 2.24) is 15.5 Å². The second-order valence-corrected chi connectivity index (χ2v) is 8.44. The number of benzene rings is 1. The predicted octanol–water partition coefficient (Wildman–Crippen LogP) is 4.50. The summed E-state index contributed by atoms with van der Waals surface area (Å²) in [4.78, 5) is 23.8. The van der Waals surface area contributed by atoms with Crippen molar-refractivity contribution < 1.29 is 9.59 Å². The molecule has 3 amide bonds. The molecule has 0 bridgehead atoms. The summed E-state index contributed by atoms with van der Waals surface area (Å²) in [5, 5.41) is 18.3. The molecule has 1 fully saturated rings. The molecule has 150 valence electrons. The number of hydrogen-bond donors (Lipinski definition) is 3. The zero-order valence-corrected chi connectivity index (χ0v) is 17.1. The largest absolute Gasteiger partial charge is 0.334 e. The van der Waals surface area contributed by atoms with Gasteiger partial charge in [0.15, 0.2) is 0 Å². The molecule has 0 saturated heterocycles. The van der Waals surface area contributed by atoms with Crippen molar-refractivity contribution in [3.05, 3.63) is 34.8 Å². The molecule has 1 aliphatic rings. The Kier molecular flexibility index (Phi) is 6.97. The highest BCUT2D eigenvalue weighted by Crippen LogP contribution is 2.35. The van der Waals surface area contributed by atoms with Crippen LogP contribution in [0.15, 0.2) is 24.3 Å². The molecule has 1 saturated carbocycles. The lowest BCUT2D eigenvalue weighted by atomic mass is 9.90. The van der Waals surface area contributed by atoms with E-state index >= 15 is 0 Å². The molecule has 1 aromatic heterocycles. The van der Waals surface area contributed by atoms with E-state index in [-0.39, 0.29) is 17.9 Å². The minimum Gasteiger partial charge on any atom is -0.334 e. The van der Waals surface area contributed by atoms with Crippen LogP contribution in [-0.4, -0.2) is 22.1 Å². The number of carbonyl (C=O) groups is 2. The molecule has 1 aromatic carbocycles. The Labute approximate surface area is 169 Å². The Hall–Kier alpha value is -2.48. The van der Waals surface area contributed by atoms with Crippen LogP contribution in [0.3, 0.4) is 0 Å². The quantitative estimate of drug-likeness (QED) is 0.664. The Morgan fingerprint density at radius 2 is 1.79 bits per heavy atom. The van der Waals surface area contributed by atoms with E-state index in [0.29, 0.717) is 17.6 Å². The zero-order valence-electron chi connectivity index (χ0n) is 16.3. The molecule has 0 unspecified atom stereocenters. The van der Waals surface area contributed by atoms with E-state index in [1.807, 2.05) is 38.1 Å². The van der Waals surface area contributed by atoms with Crippen LogP contribution in [0, 0.1) is 5.92 Å². The minimum atomic E-state index is -0.302. The van der Waals surface area contributed by atoms with Gasteiger partial charge in [-0.3, -0.25) is 10.1 Å². The molecule has 0 atom stereocenters. The smallest absolute Gasteiger partial charge is 0.321 e. The molecule has 0 radical (unpaired) electrons. The SMILES string of the molecule is CC(C)C(=O)Nc1ccc(CNC(=O)Nc2nnc(C3CCCCC3)s2)cc1. The molecule has 7 nitrogen and oxygen atoms in total. The number of urea groups is 1. The van der Waals surface area contributed by atoms with Gasteiger partial charge in [0.05, 0.1) is 0 Å². The van der Waals surface area contributed by atoms with Crippen molar-refractivity contribution in [2.75, 3.05) is 10.6 Å². The summed E-state index contributed by atoms with van der Waals surface area (Å²) in [5.41, 5.74) is 1.69. The lowest BCUT2D eigenvalue weighted by molar-refractivity contribution is -0.118. The fourth-order valence-corrected chi connectivity index (χ4v) is 4.02. The van der Waals surface area contributed by atoms with Crippen molar-refractivity contribution >= 4 is 34.1 Å². The maximum absolute atomic E-state index is 12.1. The van der Waals surface area contributed by atoms with Crippen LogP contribution in [0.4, 0.5) is 15.6 Å².